The summed E-state index contributed by atoms with van der Waals surface area (Å²) < 4.78 is 0. The lowest BCUT2D eigenvalue weighted by Crippen LogP contribution is -2.13. The molecule has 10 aromatic rings. The molecule has 0 saturated carbocycles. The number of para-hydroxylation sites is 1. The lowest BCUT2D eigenvalue weighted by atomic mass is 9.90. The van der Waals surface area contributed by atoms with Gasteiger partial charge in [-0.3, -0.25) is 0 Å². The minimum absolute atomic E-state index is 1.09. The van der Waals surface area contributed by atoms with Crippen LogP contribution in [0.1, 0.15) is 0 Å². The van der Waals surface area contributed by atoms with Crippen LogP contribution in [0.15, 0.2) is 224 Å². The first kappa shape index (κ1) is 32.4. The van der Waals surface area contributed by atoms with E-state index in [4.69, 9.17) is 0 Å². The van der Waals surface area contributed by atoms with Crippen molar-refractivity contribution in [3.63, 3.8) is 0 Å². The number of nitrogens with zero attached hydrogens (tertiary/aromatic N) is 1. The van der Waals surface area contributed by atoms with Crippen LogP contribution in [0.2, 0.25) is 0 Å². The molecule has 0 unspecified atom stereocenters. The summed E-state index contributed by atoms with van der Waals surface area (Å²) in [4.78, 5) is 2.49. The van der Waals surface area contributed by atoms with Crippen LogP contribution in [0.3, 0.4) is 0 Å². The minimum Gasteiger partial charge on any atom is -0.309 e. The highest BCUT2D eigenvalue weighted by molar-refractivity contribution is 6.15. The molecular weight excluding hydrogens is 663 g/mol. The van der Waals surface area contributed by atoms with Gasteiger partial charge in [0.25, 0.3) is 0 Å². The van der Waals surface area contributed by atoms with Gasteiger partial charge in [0.05, 0.1) is 11.4 Å². The van der Waals surface area contributed by atoms with Crippen LogP contribution in [-0.4, -0.2) is 0 Å². The Morgan fingerprint density at radius 3 is 1.60 bits per heavy atom. The maximum Gasteiger partial charge on any atom is 0.0546 e. The van der Waals surface area contributed by atoms with Crippen molar-refractivity contribution in [3.8, 4) is 44.5 Å². The molecule has 10 aromatic carbocycles. The Hall–Kier alpha value is -7.22. The van der Waals surface area contributed by atoms with E-state index >= 15 is 0 Å². The molecule has 0 N–H and O–H groups in total. The summed E-state index contributed by atoms with van der Waals surface area (Å²) in [5, 5.41) is 7.46. The Labute approximate surface area is 322 Å². The van der Waals surface area contributed by atoms with E-state index in [-0.39, 0.29) is 0 Å². The van der Waals surface area contributed by atoms with Crippen LogP contribution in [0.25, 0.3) is 76.8 Å². The van der Waals surface area contributed by atoms with Crippen LogP contribution in [0, 0.1) is 0 Å². The van der Waals surface area contributed by atoms with Crippen molar-refractivity contribution >= 4 is 49.4 Å². The highest BCUT2D eigenvalue weighted by atomic mass is 15.1. The second-order valence-corrected chi connectivity index (χ2v) is 14.1. The van der Waals surface area contributed by atoms with Crippen molar-refractivity contribution < 1.29 is 0 Å². The van der Waals surface area contributed by atoms with Crippen LogP contribution >= 0.6 is 0 Å². The summed E-state index contributed by atoms with van der Waals surface area (Å²) in [6, 6.07) is 81.6. The van der Waals surface area contributed by atoms with E-state index in [1.54, 1.807) is 0 Å². The predicted molar refractivity (Wildman–Crippen MR) is 235 cm³/mol. The largest absolute Gasteiger partial charge is 0.309 e. The molecule has 0 amide bonds. The molecule has 1 heteroatoms. The maximum atomic E-state index is 2.49. The smallest absolute Gasteiger partial charge is 0.0546 e. The average molecular weight is 700 g/mol. The molecule has 55 heavy (non-hydrogen) atoms. The maximum absolute atomic E-state index is 2.49. The summed E-state index contributed by atoms with van der Waals surface area (Å²) in [5.74, 6) is 0. The summed E-state index contributed by atoms with van der Waals surface area (Å²) >= 11 is 0. The van der Waals surface area contributed by atoms with E-state index in [9.17, 15) is 0 Å². The Balaban J connectivity index is 1.29. The van der Waals surface area contributed by atoms with Gasteiger partial charge in [-0.1, -0.05) is 194 Å². The Morgan fingerprint density at radius 1 is 0.255 bits per heavy atom. The van der Waals surface area contributed by atoms with Gasteiger partial charge in [0.2, 0.25) is 0 Å². The molecule has 258 valence electrons. The van der Waals surface area contributed by atoms with Gasteiger partial charge in [-0.05, 0) is 96.0 Å². The van der Waals surface area contributed by atoms with Crippen molar-refractivity contribution in [1.29, 1.82) is 0 Å². The molecular formula is C54H37N. The number of rotatable bonds is 7. The van der Waals surface area contributed by atoms with Crippen LogP contribution in [-0.2, 0) is 0 Å². The summed E-state index contributed by atoms with van der Waals surface area (Å²) in [6.07, 6.45) is 0. The molecule has 0 aliphatic carbocycles. The van der Waals surface area contributed by atoms with Crippen LogP contribution in [0.4, 0.5) is 17.1 Å². The van der Waals surface area contributed by atoms with Gasteiger partial charge in [-0.25, -0.2) is 0 Å². The molecule has 0 atom stereocenters. The molecule has 0 bridgehead atoms. The van der Waals surface area contributed by atoms with E-state index in [1.165, 1.54) is 76.8 Å². The lowest BCUT2D eigenvalue weighted by molar-refractivity contribution is 1.28. The van der Waals surface area contributed by atoms with Crippen molar-refractivity contribution in [1.82, 2.24) is 0 Å². The van der Waals surface area contributed by atoms with Gasteiger partial charge in [-0.2, -0.15) is 0 Å². The molecule has 0 fully saturated rings. The third kappa shape index (κ3) is 5.84. The van der Waals surface area contributed by atoms with Gasteiger partial charge in [0.1, 0.15) is 0 Å². The Kier molecular flexibility index (Phi) is 8.24. The predicted octanol–water partition coefficient (Wildman–Crippen LogP) is 15.3. The third-order valence-corrected chi connectivity index (χ3v) is 10.8. The molecule has 0 spiro atoms. The number of hydrogen-bond acceptors (Lipinski definition) is 1. The van der Waals surface area contributed by atoms with Crippen molar-refractivity contribution in [2.75, 3.05) is 4.90 Å². The first-order chi connectivity index (χ1) is 27.3. The summed E-state index contributed by atoms with van der Waals surface area (Å²) in [7, 11) is 0. The van der Waals surface area contributed by atoms with Crippen LogP contribution < -0.4 is 4.90 Å². The fraction of sp³-hybridized carbons (Fsp3) is 0. The normalized spacial score (nSPS) is 11.3. The second kappa shape index (κ2) is 14.0. The Bertz CT molecular complexity index is 2980. The van der Waals surface area contributed by atoms with Gasteiger partial charge >= 0.3 is 0 Å². The zero-order valence-electron chi connectivity index (χ0n) is 30.3. The van der Waals surface area contributed by atoms with Crippen molar-refractivity contribution in [2.24, 2.45) is 0 Å². The zero-order chi connectivity index (χ0) is 36.6. The molecule has 10 rings (SSSR count). The summed E-state index contributed by atoms with van der Waals surface area (Å²) in [6.45, 7) is 0. The quantitative estimate of drug-likeness (QED) is 0.150. The topological polar surface area (TPSA) is 3.24 Å². The molecule has 0 radical (unpaired) electrons. The van der Waals surface area contributed by atoms with Gasteiger partial charge < -0.3 is 4.90 Å². The van der Waals surface area contributed by atoms with E-state index in [0.29, 0.717) is 0 Å². The van der Waals surface area contributed by atoms with E-state index < -0.39 is 0 Å². The zero-order valence-corrected chi connectivity index (χ0v) is 30.3. The molecule has 0 saturated heterocycles. The highest BCUT2D eigenvalue weighted by Gasteiger charge is 2.24. The molecule has 0 heterocycles. The average Bonchev–Trinajstić information content (AvgIpc) is 3.27. The molecule has 0 aliphatic heterocycles. The molecule has 0 aromatic heterocycles. The van der Waals surface area contributed by atoms with Gasteiger partial charge in [-0.15, -0.1) is 0 Å². The second-order valence-electron chi connectivity index (χ2n) is 14.1. The summed E-state index contributed by atoms with van der Waals surface area (Å²) in [5.41, 5.74) is 12.8. The van der Waals surface area contributed by atoms with Crippen LogP contribution in [0.5, 0.6) is 0 Å². The standard InChI is InChI=1S/C54H37N/c1-3-18-39(19-4-1)47-33-17-35-53(54(47)40-21-5-2-6-22-40)55(43-26-15-25-41(36-43)45-32-16-24-38-20-7-9-27-44(38)45)52-34-14-13-31-50(52)51-37-42-23-8-10-28-46(42)48-29-11-12-30-49(48)51/h1-37H. The van der Waals surface area contributed by atoms with E-state index in [1.807, 2.05) is 0 Å². The highest BCUT2D eigenvalue weighted by Crippen LogP contribution is 2.49. The van der Waals surface area contributed by atoms with E-state index in [0.717, 1.165) is 17.1 Å². The lowest BCUT2D eigenvalue weighted by Gasteiger charge is -2.31. The SMILES string of the molecule is c1ccc(-c2cccc(N(c3cccc(-c4cccc5ccccc45)c3)c3ccccc3-c3cc4ccccc4c4ccccc34)c2-c2ccccc2)cc1. The first-order valence-electron chi connectivity index (χ1n) is 18.9. The number of fused-ring (bicyclic) bond motifs is 4. The third-order valence-electron chi connectivity index (χ3n) is 10.8. The Morgan fingerprint density at radius 2 is 0.782 bits per heavy atom. The van der Waals surface area contributed by atoms with Gasteiger partial charge in [0, 0.05) is 16.8 Å². The fourth-order valence-electron chi connectivity index (χ4n) is 8.36. The number of hydrogen-bond donors (Lipinski definition) is 0. The number of anilines is 3. The van der Waals surface area contributed by atoms with Crippen molar-refractivity contribution in [2.45, 2.75) is 0 Å². The molecule has 1 nitrogen and oxygen atoms in total. The monoisotopic (exact) mass is 699 g/mol. The fourth-order valence-corrected chi connectivity index (χ4v) is 8.36. The molecule has 0 aliphatic rings. The number of benzene rings is 10. The van der Waals surface area contributed by atoms with E-state index in [2.05, 4.69) is 229 Å². The van der Waals surface area contributed by atoms with Gasteiger partial charge in [0.15, 0.2) is 0 Å². The minimum atomic E-state index is 1.09. The van der Waals surface area contributed by atoms with Crippen molar-refractivity contribution in [3.05, 3.63) is 224 Å². The first-order valence-corrected chi connectivity index (χ1v) is 18.9.